The number of likely N-dealkylation sites (N-methyl/N-ethyl adjacent to an activating group) is 1. The first kappa shape index (κ1) is 22.2. The van der Waals surface area contributed by atoms with Crippen molar-refractivity contribution >= 4 is 33.4 Å². The van der Waals surface area contributed by atoms with Gasteiger partial charge in [0, 0.05) is 15.6 Å². The molecule has 1 N–H and O–H groups in total. The number of quaternary nitrogens is 1. The molecule has 158 valence electrons. The van der Waals surface area contributed by atoms with Crippen LogP contribution in [0.15, 0.2) is 58.6 Å². The van der Waals surface area contributed by atoms with Gasteiger partial charge in [-0.2, -0.15) is 0 Å². The van der Waals surface area contributed by atoms with E-state index in [1.54, 1.807) is 30.3 Å². The summed E-state index contributed by atoms with van der Waals surface area (Å²) in [5.74, 6) is -2.71. The number of hydrogen-bond donors (Lipinski definition) is 1. The summed E-state index contributed by atoms with van der Waals surface area (Å²) in [5.41, 5.74) is 0.251. The fraction of sp³-hybridized carbons (Fsp3) is 0.304. The lowest BCUT2D eigenvalue weighted by atomic mass is 9.95. The number of halogens is 2. The number of hydrogen-bond acceptors (Lipinski definition) is 3. The number of rotatable bonds is 7. The molecule has 0 bridgehead atoms. The zero-order chi connectivity index (χ0) is 21.8. The minimum Gasteiger partial charge on any atom is -0.872 e. The second-order valence-electron chi connectivity index (χ2n) is 7.21. The predicted molar refractivity (Wildman–Crippen MR) is 114 cm³/mol. The zero-order valence-corrected chi connectivity index (χ0v) is 18.5. The lowest BCUT2D eigenvalue weighted by Gasteiger charge is -2.28. The van der Waals surface area contributed by atoms with Crippen LogP contribution in [-0.4, -0.2) is 42.8 Å². The molecule has 0 radical (unpaired) electrons. The maximum atomic E-state index is 14.7. The van der Waals surface area contributed by atoms with E-state index < -0.39 is 29.3 Å². The van der Waals surface area contributed by atoms with Crippen LogP contribution in [0.2, 0.25) is 0 Å². The van der Waals surface area contributed by atoms with E-state index >= 15 is 0 Å². The predicted octanol–water partition coefficient (Wildman–Crippen LogP) is 1.74. The zero-order valence-electron chi connectivity index (χ0n) is 17.0. The molecule has 0 aromatic heterocycles. The van der Waals surface area contributed by atoms with Gasteiger partial charge in [0.1, 0.15) is 5.82 Å². The normalized spacial score (nSPS) is 18.4. The Morgan fingerprint density at radius 1 is 1.10 bits per heavy atom. The first-order valence-corrected chi connectivity index (χ1v) is 10.8. The van der Waals surface area contributed by atoms with E-state index in [9.17, 15) is 19.1 Å². The van der Waals surface area contributed by atoms with E-state index in [2.05, 4.69) is 15.9 Å². The summed E-state index contributed by atoms with van der Waals surface area (Å²) in [5, 5.41) is 13.2. The average Bonchev–Trinajstić information content (AvgIpc) is 2.99. The number of nitrogens with one attached hydrogen (secondary N) is 1. The first-order valence-electron chi connectivity index (χ1n) is 9.99. The summed E-state index contributed by atoms with van der Waals surface area (Å²) in [6.07, 6.45) is 0. The third-order valence-electron chi connectivity index (χ3n) is 5.54. The Bertz CT molecular complexity index is 971. The molecule has 3 rings (SSSR count). The van der Waals surface area contributed by atoms with Crippen LogP contribution in [0.4, 0.5) is 4.39 Å². The molecule has 1 saturated heterocycles. The van der Waals surface area contributed by atoms with E-state index in [1.165, 1.54) is 28.0 Å². The molecule has 1 amide bonds. The Labute approximate surface area is 183 Å². The van der Waals surface area contributed by atoms with Gasteiger partial charge < -0.3 is 14.9 Å². The number of benzene rings is 2. The number of carbonyl (C=O) groups is 2. The van der Waals surface area contributed by atoms with Crippen molar-refractivity contribution in [3.63, 3.8) is 0 Å². The van der Waals surface area contributed by atoms with Crippen molar-refractivity contribution in [2.45, 2.75) is 19.9 Å². The SMILES string of the molecule is CC[NH+](CC)CCN1C(=O)C(=O)/C(=C(/[O-])c2ccc(Br)cc2)C1c1ccccc1F. The van der Waals surface area contributed by atoms with Crippen molar-refractivity contribution in [1.82, 2.24) is 4.90 Å². The van der Waals surface area contributed by atoms with Crippen LogP contribution >= 0.6 is 15.9 Å². The Balaban J connectivity index is 2.11. The van der Waals surface area contributed by atoms with Crippen LogP contribution in [0.25, 0.3) is 5.76 Å². The van der Waals surface area contributed by atoms with Gasteiger partial charge in [0.25, 0.3) is 5.91 Å². The van der Waals surface area contributed by atoms with Crippen molar-refractivity contribution in [2.24, 2.45) is 0 Å². The summed E-state index contributed by atoms with van der Waals surface area (Å²) < 4.78 is 15.5. The van der Waals surface area contributed by atoms with Crippen LogP contribution in [-0.2, 0) is 9.59 Å². The molecular formula is C23H24BrFN2O3. The molecular weight excluding hydrogens is 451 g/mol. The Kier molecular flexibility index (Phi) is 7.05. The van der Waals surface area contributed by atoms with Gasteiger partial charge in [-0.25, -0.2) is 4.39 Å². The van der Waals surface area contributed by atoms with E-state index in [0.717, 1.165) is 17.6 Å². The summed E-state index contributed by atoms with van der Waals surface area (Å²) in [6.45, 7) is 6.68. The lowest BCUT2D eigenvalue weighted by Crippen LogP contribution is -3.12. The van der Waals surface area contributed by atoms with Crippen LogP contribution in [0.5, 0.6) is 0 Å². The van der Waals surface area contributed by atoms with Gasteiger partial charge in [-0.1, -0.05) is 52.0 Å². The molecule has 2 aromatic carbocycles. The fourth-order valence-corrected chi connectivity index (χ4v) is 4.02. The van der Waals surface area contributed by atoms with E-state index in [-0.39, 0.29) is 23.2 Å². The molecule has 0 saturated carbocycles. The highest BCUT2D eigenvalue weighted by atomic mass is 79.9. The third-order valence-corrected chi connectivity index (χ3v) is 6.07. The molecule has 2 aromatic rings. The summed E-state index contributed by atoms with van der Waals surface area (Å²) in [4.78, 5) is 28.3. The first-order chi connectivity index (χ1) is 14.4. The molecule has 1 fully saturated rings. The third kappa shape index (κ3) is 4.32. The van der Waals surface area contributed by atoms with Gasteiger partial charge in [0.2, 0.25) is 5.78 Å². The minimum atomic E-state index is -1.03. The number of nitrogens with zero attached hydrogens (tertiary/aromatic N) is 1. The maximum absolute atomic E-state index is 14.7. The molecule has 0 aliphatic carbocycles. The molecule has 1 aliphatic heterocycles. The molecule has 1 atom stereocenters. The molecule has 30 heavy (non-hydrogen) atoms. The average molecular weight is 475 g/mol. The van der Waals surface area contributed by atoms with E-state index in [1.807, 2.05) is 13.8 Å². The van der Waals surface area contributed by atoms with Gasteiger partial charge >= 0.3 is 0 Å². The molecule has 1 aliphatic rings. The quantitative estimate of drug-likeness (QED) is 0.377. The summed E-state index contributed by atoms with van der Waals surface area (Å²) in [6, 6.07) is 11.5. The maximum Gasteiger partial charge on any atom is 0.295 e. The van der Waals surface area contributed by atoms with Crippen molar-refractivity contribution in [2.75, 3.05) is 26.2 Å². The largest absolute Gasteiger partial charge is 0.872 e. The van der Waals surface area contributed by atoms with Gasteiger partial charge in [-0.05, 0) is 37.6 Å². The van der Waals surface area contributed by atoms with Crippen LogP contribution in [0.3, 0.4) is 0 Å². The summed E-state index contributed by atoms with van der Waals surface area (Å²) >= 11 is 3.32. The molecule has 5 nitrogen and oxygen atoms in total. The Hall–Kier alpha value is -2.51. The number of likely N-dealkylation sites (tertiary alicyclic amines) is 1. The molecule has 1 unspecified atom stereocenters. The Morgan fingerprint density at radius 3 is 2.33 bits per heavy atom. The molecule has 7 heteroatoms. The minimum absolute atomic E-state index is 0.159. The number of Topliss-reactive ketones (excluding diaryl/α,β-unsaturated/α-hetero) is 1. The van der Waals surface area contributed by atoms with Gasteiger partial charge in [0.15, 0.2) is 0 Å². The van der Waals surface area contributed by atoms with Crippen LogP contribution < -0.4 is 10.0 Å². The monoisotopic (exact) mass is 474 g/mol. The highest BCUT2D eigenvalue weighted by molar-refractivity contribution is 9.10. The number of amides is 1. The number of carbonyl (C=O) groups excluding carboxylic acids is 2. The standard InChI is InChI=1S/C23H24BrFN2O3/c1-3-26(4-2)13-14-27-20(17-7-5-6-8-18(17)25)19(22(29)23(27)30)21(28)15-9-11-16(24)12-10-15/h5-12,20,28H,3-4,13-14H2,1-2H3/b21-19+. The van der Waals surface area contributed by atoms with Gasteiger partial charge in [-0.3, -0.25) is 9.59 Å². The lowest BCUT2D eigenvalue weighted by molar-refractivity contribution is -0.895. The molecule has 1 heterocycles. The summed E-state index contributed by atoms with van der Waals surface area (Å²) in [7, 11) is 0. The highest BCUT2D eigenvalue weighted by Crippen LogP contribution is 2.39. The van der Waals surface area contributed by atoms with Gasteiger partial charge in [0.05, 0.1) is 32.2 Å². The van der Waals surface area contributed by atoms with Crippen molar-refractivity contribution in [1.29, 1.82) is 0 Å². The van der Waals surface area contributed by atoms with Crippen molar-refractivity contribution in [3.8, 4) is 0 Å². The second kappa shape index (κ2) is 9.53. The van der Waals surface area contributed by atoms with Gasteiger partial charge in [-0.15, -0.1) is 0 Å². The topological polar surface area (TPSA) is 64.9 Å². The number of ketones is 1. The van der Waals surface area contributed by atoms with E-state index in [4.69, 9.17) is 0 Å². The Morgan fingerprint density at radius 2 is 1.73 bits per heavy atom. The van der Waals surface area contributed by atoms with Crippen LogP contribution in [0.1, 0.15) is 31.0 Å². The molecule has 0 spiro atoms. The van der Waals surface area contributed by atoms with Crippen molar-refractivity contribution < 1.29 is 24.0 Å². The fourth-order valence-electron chi connectivity index (χ4n) is 3.76. The highest BCUT2D eigenvalue weighted by Gasteiger charge is 2.45. The smallest absolute Gasteiger partial charge is 0.295 e. The van der Waals surface area contributed by atoms with Crippen molar-refractivity contribution in [3.05, 3.63) is 75.5 Å². The second-order valence-corrected chi connectivity index (χ2v) is 8.12. The van der Waals surface area contributed by atoms with Crippen LogP contribution in [0, 0.1) is 5.82 Å². The van der Waals surface area contributed by atoms with E-state index in [0.29, 0.717) is 6.54 Å².